The van der Waals surface area contributed by atoms with Crippen LogP contribution >= 0.6 is 0 Å². The Bertz CT molecular complexity index is 497. The minimum absolute atomic E-state index is 0.158. The van der Waals surface area contributed by atoms with E-state index in [-0.39, 0.29) is 31.0 Å². The molecule has 1 rings (SSSR count). The number of hydrogen-bond donors (Lipinski definition) is 1. The Morgan fingerprint density at radius 3 is 2.33 bits per heavy atom. The van der Waals surface area contributed by atoms with E-state index in [9.17, 15) is 9.59 Å². The van der Waals surface area contributed by atoms with Gasteiger partial charge in [-0.3, -0.25) is 9.59 Å². The van der Waals surface area contributed by atoms with Crippen LogP contribution in [0.3, 0.4) is 0 Å². The second-order valence-corrected chi connectivity index (χ2v) is 5.49. The molecule has 0 heterocycles. The molecule has 0 bridgehead atoms. The number of amides is 1. The number of aliphatic carboxylic acids is 1. The minimum atomic E-state index is -1.03. The first-order chi connectivity index (χ1) is 9.82. The molecule has 1 aromatic carbocycles. The molecule has 1 aromatic rings. The van der Waals surface area contributed by atoms with Crippen LogP contribution in [0.4, 0.5) is 0 Å². The summed E-state index contributed by atoms with van der Waals surface area (Å²) in [7, 11) is 0. The molecule has 0 aliphatic heterocycles. The number of carbonyl (C=O) groups excluding carboxylic acids is 1. The largest absolute Gasteiger partial charge is 0.483 e. The van der Waals surface area contributed by atoms with Gasteiger partial charge in [0.1, 0.15) is 12.3 Å². The SMILES string of the molecule is CC(C)c1ccccc1OCC(=O)N(CC(=O)O)C(C)C. The van der Waals surface area contributed by atoms with Gasteiger partial charge >= 0.3 is 5.97 Å². The van der Waals surface area contributed by atoms with Crippen molar-refractivity contribution in [2.75, 3.05) is 13.2 Å². The van der Waals surface area contributed by atoms with Gasteiger partial charge in [0.15, 0.2) is 6.61 Å². The molecule has 5 nitrogen and oxygen atoms in total. The lowest BCUT2D eigenvalue weighted by molar-refractivity contribution is -0.146. The average Bonchev–Trinajstić information content (AvgIpc) is 2.41. The summed E-state index contributed by atoms with van der Waals surface area (Å²) in [6.07, 6.45) is 0. The highest BCUT2D eigenvalue weighted by Gasteiger charge is 2.20. The highest BCUT2D eigenvalue weighted by Crippen LogP contribution is 2.25. The fourth-order valence-electron chi connectivity index (χ4n) is 2.02. The van der Waals surface area contributed by atoms with Crippen LogP contribution < -0.4 is 4.74 Å². The van der Waals surface area contributed by atoms with Crippen LogP contribution in [-0.4, -0.2) is 41.1 Å². The number of carbonyl (C=O) groups is 2. The van der Waals surface area contributed by atoms with Gasteiger partial charge in [-0.05, 0) is 31.4 Å². The maximum absolute atomic E-state index is 12.1. The van der Waals surface area contributed by atoms with E-state index in [0.717, 1.165) is 5.56 Å². The number of nitrogens with zero attached hydrogens (tertiary/aromatic N) is 1. The summed E-state index contributed by atoms with van der Waals surface area (Å²) in [4.78, 5) is 24.2. The molecule has 0 unspecified atom stereocenters. The number of para-hydroxylation sites is 1. The van der Waals surface area contributed by atoms with E-state index in [4.69, 9.17) is 9.84 Å². The van der Waals surface area contributed by atoms with Gasteiger partial charge in [-0.15, -0.1) is 0 Å². The van der Waals surface area contributed by atoms with Gasteiger partial charge in [-0.25, -0.2) is 0 Å². The van der Waals surface area contributed by atoms with Crippen LogP contribution in [0.1, 0.15) is 39.2 Å². The Kier molecular flexibility index (Phi) is 6.21. The number of ether oxygens (including phenoxy) is 1. The number of hydrogen-bond acceptors (Lipinski definition) is 3. The molecular formula is C16H23NO4. The monoisotopic (exact) mass is 293 g/mol. The summed E-state index contributed by atoms with van der Waals surface area (Å²) in [6, 6.07) is 7.37. The van der Waals surface area contributed by atoms with E-state index >= 15 is 0 Å². The second-order valence-electron chi connectivity index (χ2n) is 5.49. The maximum Gasteiger partial charge on any atom is 0.323 e. The summed E-state index contributed by atoms with van der Waals surface area (Å²) in [5.41, 5.74) is 1.03. The zero-order chi connectivity index (χ0) is 16.0. The molecule has 0 atom stereocenters. The fraction of sp³-hybridized carbons (Fsp3) is 0.500. The summed E-state index contributed by atoms with van der Waals surface area (Å²) >= 11 is 0. The molecule has 0 aliphatic rings. The van der Waals surface area contributed by atoms with Crippen LogP contribution in [0.2, 0.25) is 0 Å². The van der Waals surface area contributed by atoms with Crippen molar-refractivity contribution in [1.82, 2.24) is 4.90 Å². The van der Waals surface area contributed by atoms with Gasteiger partial charge in [0.05, 0.1) is 0 Å². The van der Waals surface area contributed by atoms with Crippen LogP contribution in [0.15, 0.2) is 24.3 Å². The van der Waals surface area contributed by atoms with Crippen LogP contribution in [0.25, 0.3) is 0 Å². The first-order valence-corrected chi connectivity index (χ1v) is 7.06. The second kappa shape index (κ2) is 7.67. The summed E-state index contributed by atoms with van der Waals surface area (Å²) < 4.78 is 5.59. The van der Waals surface area contributed by atoms with Crippen molar-refractivity contribution in [2.24, 2.45) is 0 Å². The zero-order valence-corrected chi connectivity index (χ0v) is 13.0. The number of carboxylic acids is 1. The Hall–Kier alpha value is -2.04. The van der Waals surface area contributed by atoms with Crippen molar-refractivity contribution in [2.45, 2.75) is 39.7 Å². The quantitative estimate of drug-likeness (QED) is 0.839. The maximum atomic E-state index is 12.1. The predicted molar refractivity (Wildman–Crippen MR) is 80.5 cm³/mol. The zero-order valence-electron chi connectivity index (χ0n) is 13.0. The Morgan fingerprint density at radius 1 is 1.19 bits per heavy atom. The van der Waals surface area contributed by atoms with Gasteiger partial charge in [0.2, 0.25) is 0 Å². The van der Waals surface area contributed by atoms with Gasteiger partial charge < -0.3 is 14.7 Å². The van der Waals surface area contributed by atoms with Crippen molar-refractivity contribution >= 4 is 11.9 Å². The molecule has 0 fully saturated rings. The van der Waals surface area contributed by atoms with Crippen molar-refractivity contribution in [3.63, 3.8) is 0 Å². The normalized spacial score (nSPS) is 10.8. The van der Waals surface area contributed by atoms with Crippen LogP contribution in [0, 0.1) is 0 Å². The molecule has 5 heteroatoms. The lowest BCUT2D eigenvalue weighted by atomic mass is 10.0. The van der Waals surface area contributed by atoms with Gasteiger partial charge in [-0.2, -0.15) is 0 Å². The molecule has 21 heavy (non-hydrogen) atoms. The molecule has 0 aliphatic carbocycles. The number of benzene rings is 1. The molecule has 0 saturated carbocycles. The fourth-order valence-corrected chi connectivity index (χ4v) is 2.02. The third-order valence-electron chi connectivity index (χ3n) is 3.14. The lowest BCUT2D eigenvalue weighted by Crippen LogP contribution is -2.43. The Labute approximate surface area is 125 Å². The molecular weight excluding hydrogens is 270 g/mol. The third kappa shape index (κ3) is 5.10. The lowest BCUT2D eigenvalue weighted by Gasteiger charge is -2.25. The standard InChI is InChI=1S/C16H23NO4/c1-11(2)13-7-5-6-8-14(13)21-10-15(18)17(12(3)4)9-16(19)20/h5-8,11-12H,9-10H2,1-4H3,(H,19,20). The molecule has 0 aromatic heterocycles. The highest BCUT2D eigenvalue weighted by molar-refractivity contribution is 5.82. The molecule has 0 spiro atoms. The van der Waals surface area contributed by atoms with Crippen molar-refractivity contribution < 1.29 is 19.4 Å². The van der Waals surface area contributed by atoms with Crippen LogP contribution in [0.5, 0.6) is 5.75 Å². The van der Waals surface area contributed by atoms with E-state index in [0.29, 0.717) is 5.75 Å². The summed E-state index contributed by atoms with van der Waals surface area (Å²) in [5.74, 6) is -0.401. The van der Waals surface area contributed by atoms with E-state index < -0.39 is 5.97 Å². The molecule has 116 valence electrons. The van der Waals surface area contributed by atoms with Gasteiger partial charge in [0.25, 0.3) is 5.91 Å². The predicted octanol–water partition coefficient (Wildman–Crippen LogP) is 2.51. The highest BCUT2D eigenvalue weighted by atomic mass is 16.5. The molecule has 0 radical (unpaired) electrons. The molecule has 0 saturated heterocycles. The summed E-state index contributed by atoms with van der Waals surface area (Å²) in [5, 5.41) is 8.85. The number of rotatable bonds is 7. The third-order valence-corrected chi connectivity index (χ3v) is 3.14. The number of carboxylic acid groups (broad SMARTS) is 1. The molecule has 1 N–H and O–H groups in total. The Balaban J connectivity index is 2.73. The Morgan fingerprint density at radius 2 is 1.81 bits per heavy atom. The van der Waals surface area contributed by atoms with Gasteiger partial charge in [0, 0.05) is 6.04 Å². The minimum Gasteiger partial charge on any atom is -0.483 e. The van der Waals surface area contributed by atoms with Gasteiger partial charge in [-0.1, -0.05) is 32.0 Å². The summed E-state index contributed by atoms with van der Waals surface area (Å²) in [6.45, 7) is 7.19. The smallest absolute Gasteiger partial charge is 0.323 e. The van der Waals surface area contributed by atoms with E-state index in [1.165, 1.54) is 4.90 Å². The van der Waals surface area contributed by atoms with Crippen molar-refractivity contribution in [3.05, 3.63) is 29.8 Å². The first kappa shape index (κ1) is 17.0. The van der Waals surface area contributed by atoms with Crippen LogP contribution in [-0.2, 0) is 9.59 Å². The molecule has 1 amide bonds. The van der Waals surface area contributed by atoms with E-state index in [1.807, 2.05) is 24.3 Å². The average molecular weight is 293 g/mol. The first-order valence-electron chi connectivity index (χ1n) is 7.06. The van der Waals surface area contributed by atoms with Crippen molar-refractivity contribution in [3.8, 4) is 5.75 Å². The van der Waals surface area contributed by atoms with E-state index in [2.05, 4.69) is 13.8 Å². The topological polar surface area (TPSA) is 66.8 Å². The van der Waals surface area contributed by atoms with E-state index in [1.54, 1.807) is 13.8 Å². The van der Waals surface area contributed by atoms with Crippen molar-refractivity contribution in [1.29, 1.82) is 0 Å².